The van der Waals surface area contributed by atoms with Crippen molar-refractivity contribution in [2.75, 3.05) is 11.9 Å². The van der Waals surface area contributed by atoms with E-state index in [-0.39, 0.29) is 11.8 Å². The molecule has 0 radical (unpaired) electrons. The van der Waals surface area contributed by atoms with Crippen molar-refractivity contribution in [2.24, 2.45) is 0 Å². The van der Waals surface area contributed by atoms with Gasteiger partial charge in [-0.2, -0.15) is 0 Å². The number of thiazole rings is 1. The van der Waals surface area contributed by atoms with Crippen LogP contribution in [-0.4, -0.2) is 23.3 Å². The third-order valence-corrected chi connectivity index (χ3v) is 5.04. The van der Waals surface area contributed by atoms with Gasteiger partial charge in [-0.3, -0.25) is 14.9 Å². The second-order valence-corrected chi connectivity index (χ2v) is 6.93. The minimum atomic E-state index is -0.258. The van der Waals surface area contributed by atoms with E-state index < -0.39 is 0 Å². The predicted molar refractivity (Wildman–Crippen MR) is 80.1 cm³/mol. The number of amides is 2. The molecule has 2 amide bonds. The van der Waals surface area contributed by atoms with Gasteiger partial charge in [-0.25, -0.2) is 4.98 Å². The number of nitrogens with one attached hydrogen (secondary N) is 2. The summed E-state index contributed by atoms with van der Waals surface area (Å²) in [5.41, 5.74) is 0.754. The molecule has 0 fully saturated rings. The van der Waals surface area contributed by atoms with Crippen molar-refractivity contribution in [3.63, 3.8) is 0 Å². The fourth-order valence-corrected chi connectivity index (χ4v) is 3.75. The highest BCUT2D eigenvalue weighted by Gasteiger charge is 2.21. The van der Waals surface area contributed by atoms with Crippen molar-refractivity contribution >= 4 is 51.2 Å². The standard InChI is InChI=1S/C12H10ClN3O2S2/c13-8-4-3-7(19-8)10(17)16-12-15-6-2-1-5-14-11(18)9(6)20-12/h3-4H,1-2,5H2,(H,14,18)(H,15,16,17). The van der Waals surface area contributed by atoms with Crippen LogP contribution in [0.2, 0.25) is 4.34 Å². The largest absolute Gasteiger partial charge is 0.351 e. The molecule has 0 aliphatic carbocycles. The summed E-state index contributed by atoms with van der Waals surface area (Å²) < 4.78 is 0.560. The van der Waals surface area contributed by atoms with Gasteiger partial charge < -0.3 is 5.32 Å². The Morgan fingerprint density at radius 2 is 2.25 bits per heavy atom. The molecule has 2 N–H and O–H groups in total. The second kappa shape index (κ2) is 5.51. The van der Waals surface area contributed by atoms with E-state index in [4.69, 9.17) is 11.6 Å². The zero-order valence-corrected chi connectivity index (χ0v) is 12.6. The molecule has 0 unspecified atom stereocenters. The van der Waals surface area contributed by atoms with Gasteiger partial charge in [0, 0.05) is 6.54 Å². The van der Waals surface area contributed by atoms with Crippen LogP contribution >= 0.6 is 34.3 Å². The Labute approximate surface area is 128 Å². The molecular weight excluding hydrogens is 318 g/mol. The van der Waals surface area contributed by atoms with Gasteiger partial charge in [0.2, 0.25) is 0 Å². The zero-order valence-electron chi connectivity index (χ0n) is 10.2. The first-order chi connectivity index (χ1) is 9.63. The molecule has 0 spiro atoms. The molecule has 8 heteroatoms. The molecule has 0 atom stereocenters. The van der Waals surface area contributed by atoms with Gasteiger partial charge >= 0.3 is 0 Å². The monoisotopic (exact) mass is 327 g/mol. The maximum atomic E-state index is 12.0. The predicted octanol–water partition coefficient (Wildman–Crippen LogP) is 2.79. The van der Waals surface area contributed by atoms with Gasteiger partial charge in [0.1, 0.15) is 4.88 Å². The molecule has 2 aromatic rings. The van der Waals surface area contributed by atoms with Crippen LogP contribution in [0.5, 0.6) is 0 Å². The first kappa shape index (κ1) is 13.5. The zero-order chi connectivity index (χ0) is 14.1. The number of halogens is 1. The fourth-order valence-electron chi connectivity index (χ4n) is 1.89. The van der Waals surface area contributed by atoms with Gasteiger partial charge in [0.15, 0.2) is 5.13 Å². The van der Waals surface area contributed by atoms with Gasteiger partial charge in [-0.05, 0) is 25.0 Å². The lowest BCUT2D eigenvalue weighted by atomic mass is 10.2. The summed E-state index contributed by atoms with van der Waals surface area (Å²) in [6, 6.07) is 3.33. The van der Waals surface area contributed by atoms with E-state index in [2.05, 4.69) is 15.6 Å². The van der Waals surface area contributed by atoms with E-state index in [1.54, 1.807) is 12.1 Å². The normalized spacial score (nSPS) is 14.3. The second-order valence-electron chi connectivity index (χ2n) is 4.21. The molecule has 3 heterocycles. The van der Waals surface area contributed by atoms with Crippen LogP contribution in [0.25, 0.3) is 0 Å². The van der Waals surface area contributed by atoms with Crippen LogP contribution in [0.4, 0.5) is 5.13 Å². The highest BCUT2D eigenvalue weighted by atomic mass is 35.5. The number of carbonyl (C=O) groups excluding carboxylic acids is 2. The lowest BCUT2D eigenvalue weighted by Gasteiger charge is -1.99. The summed E-state index contributed by atoms with van der Waals surface area (Å²) in [5, 5.41) is 5.96. The van der Waals surface area contributed by atoms with Gasteiger partial charge in [-0.15, -0.1) is 11.3 Å². The van der Waals surface area contributed by atoms with Crippen LogP contribution in [0, 0.1) is 0 Å². The van der Waals surface area contributed by atoms with Crippen LogP contribution in [0.3, 0.4) is 0 Å². The fraction of sp³-hybridized carbons (Fsp3) is 0.250. The molecule has 20 heavy (non-hydrogen) atoms. The van der Waals surface area contributed by atoms with E-state index in [9.17, 15) is 9.59 Å². The highest BCUT2D eigenvalue weighted by molar-refractivity contribution is 7.19. The number of thiophene rings is 1. The Bertz CT molecular complexity index is 680. The first-order valence-electron chi connectivity index (χ1n) is 5.98. The maximum absolute atomic E-state index is 12.0. The number of fused-ring (bicyclic) bond motifs is 1. The first-order valence-corrected chi connectivity index (χ1v) is 7.99. The SMILES string of the molecule is O=C(Nc1nc2c(s1)C(=O)NCCC2)c1ccc(Cl)s1. The number of rotatable bonds is 2. The number of hydrogen-bond donors (Lipinski definition) is 2. The summed E-state index contributed by atoms with van der Waals surface area (Å²) >= 11 is 8.21. The average Bonchev–Trinajstić information content (AvgIpc) is 2.97. The van der Waals surface area contributed by atoms with Gasteiger partial charge in [0.05, 0.1) is 14.9 Å². The molecule has 1 aliphatic rings. The summed E-state index contributed by atoms with van der Waals surface area (Å²) in [5.74, 6) is -0.374. The Hall–Kier alpha value is -1.44. The third kappa shape index (κ3) is 2.70. The Balaban J connectivity index is 1.80. The van der Waals surface area contributed by atoms with E-state index in [0.29, 0.717) is 25.8 Å². The minimum absolute atomic E-state index is 0.116. The molecule has 0 bridgehead atoms. The lowest BCUT2D eigenvalue weighted by molar-refractivity contribution is 0.0959. The molecule has 0 aromatic carbocycles. The van der Waals surface area contributed by atoms with E-state index in [0.717, 1.165) is 18.5 Å². The van der Waals surface area contributed by atoms with Crippen LogP contribution in [0.15, 0.2) is 12.1 Å². The average molecular weight is 328 g/mol. The smallest absolute Gasteiger partial charge is 0.267 e. The van der Waals surface area contributed by atoms with Crippen molar-refractivity contribution in [1.29, 1.82) is 0 Å². The third-order valence-electron chi connectivity index (χ3n) is 2.80. The van der Waals surface area contributed by atoms with Gasteiger partial charge in [0.25, 0.3) is 11.8 Å². The van der Waals surface area contributed by atoms with Crippen LogP contribution in [-0.2, 0) is 6.42 Å². The number of anilines is 1. The topological polar surface area (TPSA) is 71.1 Å². The van der Waals surface area contributed by atoms with Crippen molar-refractivity contribution in [3.8, 4) is 0 Å². The Morgan fingerprint density at radius 3 is 3.00 bits per heavy atom. The van der Waals surface area contributed by atoms with Crippen molar-refractivity contribution < 1.29 is 9.59 Å². The van der Waals surface area contributed by atoms with Gasteiger partial charge in [-0.1, -0.05) is 22.9 Å². The lowest BCUT2D eigenvalue weighted by Crippen LogP contribution is -2.21. The molecule has 0 saturated carbocycles. The number of aryl methyl sites for hydroxylation is 1. The summed E-state index contributed by atoms with van der Waals surface area (Å²) in [6.45, 7) is 0.664. The van der Waals surface area contributed by atoms with Crippen molar-refractivity contribution in [3.05, 3.63) is 31.9 Å². The van der Waals surface area contributed by atoms with E-state index in [1.807, 2.05) is 0 Å². The number of carbonyl (C=O) groups is 2. The molecule has 104 valence electrons. The Morgan fingerprint density at radius 1 is 1.40 bits per heavy atom. The molecule has 3 rings (SSSR count). The van der Waals surface area contributed by atoms with Crippen LogP contribution in [0.1, 0.15) is 31.5 Å². The van der Waals surface area contributed by atoms with E-state index in [1.165, 1.54) is 22.7 Å². The highest BCUT2D eigenvalue weighted by Crippen LogP contribution is 2.27. The summed E-state index contributed by atoms with van der Waals surface area (Å²) in [7, 11) is 0. The molecule has 5 nitrogen and oxygen atoms in total. The molecule has 2 aromatic heterocycles. The molecule has 0 saturated heterocycles. The number of nitrogens with zero attached hydrogens (tertiary/aromatic N) is 1. The van der Waals surface area contributed by atoms with Crippen molar-refractivity contribution in [1.82, 2.24) is 10.3 Å². The Kier molecular flexibility index (Phi) is 3.73. The summed E-state index contributed by atoms with van der Waals surface area (Å²) in [4.78, 5) is 29.2. The molecular formula is C12H10ClN3O2S2. The number of aromatic nitrogens is 1. The van der Waals surface area contributed by atoms with E-state index >= 15 is 0 Å². The minimum Gasteiger partial charge on any atom is -0.351 e. The maximum Gasteiger partial charge on any atom is 0.267 e. The summed E-state index contributed by atoms with van der Waals surface area (Å²) in [6.07, 6.45) is 1.60. The van der Waals surface area contributed by atoms with Crippen LogP contribution < -0.4 is 10.6 Å². The van der Waals surface area contributed by atoms with Crippen molar-refractivity contribution in [2.45, 2.75) is 12.8 Å². The molecule has 1 aliphatic heterocycles. The number of hydrogen-bond acceptors (Lipinski definition) is 5. The quantitative estimate of drug-likeness (QED) is 0.891.